The first-order chi connectivity index (χ1) is 6.16. The van der Waals surface area contributed by atoms with Crippen LogP contribution in [0.5, 0.6) is 5.75 Å². The van der Waals surface area contributed by atoms with Gasteiger partial charge in [-0.25, -0.2) is 0 Å². The van der Waals surface area contributed by atoms with Crippen LogP contribution in [0.15, 0.2) is 18.2 Å². The Labute approximate surface area is 84.0 Å². The summed E-state index contributed by atoms with van der Waals surface area (Å²) in [4.78, 5) is 11.0. The number of ether oxygens (including phenoxy) is 1. The number of nitrogen functional groups attached to an aromatic ring is 1. The van der Waals surface area contributed by atoms with Crippen molar-refractivity contribution in [2.75, 3.05) is 11.2 Å². The number of halogens is 1. The van der Waals surface area contributed by atoms with Crippen LogP contribution in [0.25, 0.3) is 0 Å². The van der Waals surface area contributed by atoms with Gasteiger partial charge in [-0.2, -0.15) is 0 Å². The van der Waals surface area contributed by atoms with Crippen LogP contribution in [0.1, 0.15) is 10.4 Å². The van der Waals surface area contributed by atoms with E-state index in [2.05, 4.69) is 15.9 Å². The van der Waals surface area contributed by atoms with Crippen molar-refractivity contribution in [2.24, 2.45) is 5.73 Å². The molecule has 0 unspecified atom stereocenters. The zero-order chi connectivity index (χ0) is 9.84. The Morgan fingerprint density at radius 2 is 2.23 bits per heavy atom. The molecule has 5 heteroatoms. The van der Waals surface area contributed by atoms with Gasteiger partial charge in [0.05, 0.1) is 0 Å². The van der Waals surface area contributed by atoms with Gasteiger partial charge in [-0.3, -0.25) is 4.79 Å². The second kappa shape index (κ2) is 4.13. The summed E-state index contributed by atoms with van der Waals surface area (Å²) in [7, 11) is 0. The lowest BCUT2D eigenvalue weighted by atomic mass is 10.1. The number of rotatable bonds is 3. The van der Waals surface area contributed by atoms with E-state index in [0.717, 1.165) is 0 Å². The van der Waals surface area contributed by atoms with Crippen LogP contribution >= 0.6 is 15.9 Å². The summed E-state index contributed by atoms with van der Waals surface area (Å²) in [5, 5.41) is 0. The minimum Gasteiger partial charge on any atom is -0.482 e. The quantitative estimate of drug-likeness (QED) is 0.618. The van der Waals surface area contributed by atoms with Crippen LogP contribution in [-0.4, -0.2) is 11.4 Å². The number of carbonyl (C=O) groups is 1. The van der Waals surface area contributed by atoms with Gasteiger partial charge in [-0.15, -0.1) is 0 Å². The second-order valence-corrected chi connectivity index (χ2v) is 2.80. The molecule has 0 aliphatic heterocycles. The molecule has 0 aliphatic rings. The molecule has 0 heterocycles. The number of benzene rings is 1. The normalized spacial score (nSPS) is 9.62. The predicted molar refractivity (Wildman–Crippen MR) is 53.8 cm³/mol. The molecule has 0 saturated heterocycles. The van der Waals surface area contributed by atoms with Crippen LogP contribution < -0.4 is 16.2 Å². The summed E-state index contributed by atoms with van der Waals surface area (Å²) in [5.74, 6) is -0.196. The molecule has 70 valence electrons. The molecule has 1 aromatic rings. The average molecular weight is 245 g/mol. The van der Waals surface area contributed by atoms with E-state index in [1.54, 1.807) is 18.2 Å². The molecular weight excluding hydrogens is 236 g/mol. The zero-order valence-corrected chi connectivity index (χ0v) is 8.37. The number of hydrogen-bond donors (Lipinski definition) is 2. The number of amides is 1. The first-order valence-electron chi connectivity index (χ1n) is 3.54. The lowest BCUT2D eigenvalue weighted by Gasteiger charge is -2.08. The van der Waals surface area contributed by atoms with Crippen molar-refractivity contribution in [1.82, 2.24) is 0 Å². The van der Waals surface area contributed by atoms with Gasteiger partial charge in [0.15, 0.2) is 0 Å². The molecule has 0 aliphatic carbocycles. The van der Waals surface area contributed by atoms with E-state index < -0.39 is 5.91 Å². The first-order valence-corrected chi connectivity index (χ1v) is 4.66. The molecule has 4 nitrogen and oxygen atoms in total. The number of anilines is 1. The van der Waals surface area contributed by atoms with E-state index >= 15 is 0 Å². The van der Waals surface area contributed by atoms with Crippen LogP contribution in [-0.2, 0) is 0 Å². The molecule has 0 fully saturated rings. The van der Waals surface area contributed by atoms with E-state index in [0.29, 0.717) is 11.4 Å². The van der Waals surface area contributed by atoms with Gasteiger partial charge < -0.3 is 16.2 Å². The van der Waals surface area contributed by atoms with Crippen molar-refractivity contribution in [1.29, 1.82) is 0 Å². The number of primary amides is 1. The molecule has 1 aromatic carbocycles. The lowest BCUT2D eigenvalue weighted by Crippen LogP contribution is -2.15. The van der Waals surface area contributed by atoms with E-state index in [9.17, 15) is 4.79 Å². The van der Waals surface area contributed by atoms with Crippen molar-refractivity contribution >= 4 is 27.5 Å². The van der Waals surface area contributed by atoms with Gasteiger partial charge in [0.25, 0.3) is 5.91 Å². The fourth-order valence-corrected chi connectivity index (χ4v) is 1.24. The van der Waals surface area contributed by atoms with Crippen LogP contribution in [0.2, 0.25) is 0 Å². The van der Waals surface area contributed by atoms with Gasteiger partial charge in [0.1, 0.15) is 16.8 Å². The highest BCUT2D eigenvalue weighted by Gasteiger charge is 2.12. The predicted octanol–water partition coefficient (Wildman–Crippen LogP) is 1.10. The van der Waals surface area contributed by atoms with Gasteiger partial charge in [0.2, 0.25) is 0 Å². The fraction of sp³-hybridized carbons (Fsp3) is 0.125. The largest absolute Gasteiger partial charge is 0.482 e. The molecule has 0 spiro atoms. The van der Waals surface area contributed by atoms with Gasteiger partial charge >= 0.3 is 0 Å². The van der Waals surface area contributed by atoms with Gasteiger partial charge in [-0.1, -0.05) is 6.07 Å². The summed E-state index contributed by atoms with van der Waals surface area (Å²) < 4.78 is 5.11. The third-order valence-electron chi connectivity index (χ3n) is 1.51. The Balaban J connectivity index is 3.17. The maximum atomic E-state index is 11.0. The molecule has 4 N–H and O–H groups in total. The number of nitrogens with two attached hydrogens (primary N) is 2. The minimum absolute atomic E-state index is 0.224. The molecule has 0 aromatic heterocycles. The summed E-state index contributed by atoms with van der Waals surface area (Å²) in [5.41, 5.74) is 11.5. The van der Waals surface area contributed by atoms with Gasteiger partial charge in [0, 0.05) is 5.69 Å². The van der Waals surface area contributed by atoms with Crippen LogP contribution in [0.3, 0.4) is 0 Å². The summed E-state index contributed by atoms with van der Waals surface area (Å²) in [6.07, 6.45) is 0. The maximum absolute atomic E-state index is 11.0. The minimum atomic E-state index is -0.589. The van der Waals surface area contributed by atoms with Crippen molar-refractivity contribution in [3.05, 3.63) is 23.8 Å². The zero-order valence-electron chi connectivity index (χ0n) is 6.79. The summed E-state index contributed by atoms with van der Waals surface area (Å²) in [6, 6.07) is 4.93. The topological polar surface area (TPSA) is 78.3 Å². The first kappa shape index (κ1) is 9.85. The molecule has 0 bridgehead atoms. The van der Waals surface area contributed by atoms with Crippen molar-refractivity contribution in [2.45, 2.75) is 0 Å². The Morgan fingerprint density at radius 1 is 1.54 bits per heavy atom. The highest BCUT2D eigenvalue weighted by Crippen LogP contribution is 2.23. The Morgan fingerprint density at radius 3 is 2.77 bits per heavy atom. The monoisotopic (exact) mass is 244 g/mol. The summed E-state index contributed by atoms with van der Waals surface area (Å²) >= 11 is 3.08. The molecule has 13 heavy (non-hydrogen) atoms. The lowest BCUT2D eigenvalue weighted by molar-refractivity contribution is 0.0998. The van der Waals surface area contributed by atoms with E-state index in [-0.39, 0.29) is 11.1 Å². The highest BCUT2D eigenvalue weighted by atomic mass is 79.9. The number of hydrogen-bond acceptors (Lipinski definition) is 3. The SMILES string of the molecule is NC(=O)c1c(N)cccc1OCBr. The van der Waals surface area contributed by atoms with E-state index in [1.165, 1.54) is 0 Å². The van der Waals surface area contributed by atoms with Crippen molar-refractivity contribution in [3.63, 3.8) is 0 Å². The van der Waals surface area contributed by atoms with Gasteiger partial charge in [-0.05, 0) is 28.1 Å². The maximum Gasteiger partial charge on any atom is 0.254 e. The second-order valence-electron chi connectivity index (χ2n) is 2.34. The molecule has 1 amide bonds. The average Bonchev–Trinajstić information content (AvgIpc) is 2.04. The van der Waals surface area contributed by atoms with Crippen molar-refractivity contribution < 1.29 is 9.53 Å². The Bertz CT molecular complexity index is 328. The van der Waals surface area contributed by atoms with Crippen LogP contribution in [0.4, 0.5) is 5.69 Å². The summed E-state index contributed by atoms with van der Waals surface area (Å²) in [6.45, 7) is 0. The Hall–Kier alpha value is -1.23. The molecular formula is C8H9BrN2O2. The Kier molecular flexibility index (Phi) is 3.13. The standard InChI is InChI=1S/C8H9BrN2O2/c9-4-13-6-3-1-2-5(10)7(6)8(11)12/h1-3H,4,10H2,(H2,11,12). The third kappa shape index (κ3) is 2.12. The number of alkyl halides is 1. The van der Waals surface area contributed by atoms with E-state index in [4.69, 9.17) is 16.2 Å². The number of carbonyl (C=O) groups excluding carboxylic acids is 1. The molecule has 0 saturated carbocycles. The third-order valence-corrected chi connectivity index (χ3v) is 1.74. The van der Waals surface area contributed by atoms with E-state index in [1.807, 2.05) is 0 Å². The molecule has 0 radical (unpaired) electrons. The van der Waals surface area contributed by atoms with Crippen LogP contribution in [0, 0.1) is 0 Å². The smallest absolute Gasteiger partial charge is 0.254 e. The molecule has 0 atom stereocenters. The fourth-order valence-electron chi connectivity index (χ4n) is 0.991. The van der Waals surface area contributed by atoms with Crippen molar-refractivity contribution in [3.8, 4) is 5.75 Å². The highest BCUT2D eigenvalue weighted by molar-refractivity contribution is 9.09. The molecule has 1 rings (SSSR count).